The third-order valence-electron chi connectivity index (χ3n) is 12.8. The van der Waals surface area contributed by atoms with Crippen molar-refractivity contribution >= 4 is 17.5 Å². The molecule has 5 aliphatic rings. The van der Waals surface area contributed by atoms with Crippen molar-refractivity contribution in [3.63, 3.8) is 0 Å². The summed E-state index contributed by atoms with van der Waals surface area (Å²) in [6.07, 6.45) is 12.4. The van der Waals surface area contributed by atoms with E-state index in [2.05, 4.69) is 34.6 Å². The number of carbonyl (C=O) groups is 3. The van der Waals surface area contributed by atoms with Gasteiger partial charge in [-0.2, -0.15) is 0 Å². The lowest BCUT2D eigenvalue weighted by atomic mass is 9.42. The number of Topliss-reactive ketones (excluding diaryl/α,β-unsaturated/α-hetero) is 1. The van der Waals surface area contributed by atoms with Crippen LogP contribution in [0.5, 0.6) is 0 Å². The van der Waals surface area contributed by atoms with Gasteiger partial charge in [0, 0.05) is 23.8 Å². The van der Waals surface area contributed by atoms with Gasteiger partial charge in [0.15, 0.2) is 5.78 Å². The Morgan fingerprint density at radius 2 is 1.62 bits per heavy atom. The first-order chi connectivity index (χ1) is 15.8. The third kappa shape index (κ3) is 2.86. The fourth-order valence-corrected chi connectivity index (χ4v) is 10.9. The van der Waals surface area contributed by atoms with Crippen LogP contribution in [0.2, 0.25) is 0 Å². The number of ketones is 2. The summed E-state index contributed by atoms with van der Waals surface area (Å²) in [6, 6.07) is 0. The molecule has 0 amide bonds. The van der Waals surface area contributed by atoms with Gasteiger partial charge in [0.1, 0.15) is 5.78 Å². The predicted octanol–water partition coefficient (Wildman–Crippen LogP) is 6.62. The number of rotatable bonds is 5. The van der Waals surface area contributed by atoms with Crippen LogP contribution in [-0.4, -0.2) is 22.6 Å². The van der Waals surface area contributed by atoms with Crippen LogP contribution in [0.15, 0.2) is 11.6 Å². The molecule has 0 aliphatic heterocycles. The highest BCUT2D eigenvalue weighted by molar-refractivity contribution is 5.98. The Bertz CT molecular complexity index is 976. The molecule has 0 aromatic rings. The number of hydrogen-bond acceptors (Lipinski definition) is 3. The molecule has 5 aliphatic carbocycles. The SMILES string of the molecule is CC(=CC(=O)CC(C)C1CC[C@@]2(C)C3CCC4C(C)(C)C(=O)CC[C@@]45C[C@@]35CC[C@]12C)C(=O)O. The minimum atomic E-state index is -1.01. The van der Waals surface area contributed by atoms with E-state index in [1.54, 1.807) is 0 Å². The third-order valence-corrected chi connectivity index (χ3v) is 12.8. The molecule has 34 heavy (non-hydrogen) atoms. The summed E-state index contributed by atoms with van der Waals surface area (Å²) in [4.78, 5) is 36.6. The Morgan fingerprint density at radius 1 is 0.971 bits per heavy atom. The number of hydrogen-bond donors (Lipinski definition) is 1. The second kappa shape index (κ2) is 7.29. The second-order valence-corrected chi connectivity index (χ2v) is 14.1. The Kier molecular flexibility index (Phi) is 5.20. The molecule has 4 heteroatoms. The molecule has 0 heterocycles. The van der Waals surface area contributed by atoms with E-state index in [0.29, 0.717) is 40.3 Å². The minimum Gasteiger partial charge on any atom is -0.478 e. The summed E-state index contributed by atoms with van der Waals surface area (Å²) in [5, 5.41) is 9.13. The van der Waals surface area contributed by atoms with Gasteiger partial charge in [-0.05, 0) is 110 Å². The van der Waals surface area contributed by atoms with Gasteiger partial charge < -0.3 is 5.11 Å². The summed E-state index contributed by atoms with van der Waals surface area (Å²) >= 11 is 0. The lowest BCUT2D eigenvalue weighted by Crippen LogP contribution is -2.57. The van der Waals surface area contributed by atoms with Crippen molar-refractivity contribution in [2.75, 3.05) is 0 Å². The summed E-state index contributed by atoms with van der Waals surface area (Å²) in [6.45, 7) is 13.3. The van der Waals surface area contributed by atoms with E-state index in [0.717, 1.165) is 18.8 Å². The van der Waals surface area contributed by atoms with Crippen molar-refractivity contribution in [3.05, 3.63) is 11.6 Å². The van der Waals surface area contributed by atoms with E-state index in [1.807, 2.05) is 0 Å². The van der Waals surface area contributed by atoms with E-state index in [1.165, 1.54) is 57.9 Å². The molecule has 0 bridgehead atoms. The lowest BCUT2D eigenvalue weighted by Gasteiger charge is -2.62. The summed E-state index contributed by atoms with van der Waals surface area (Å²) in [5.41, 5.74) is 1.32. The van der Waals surface area contributed by atoms with Crippen LogP contribution >= 0.6 is 0 Å². The Balaban J connectivity index is 1.39. The number of carbonyl (C=O) groups excluding carboxylic acids is 2. The van der Waals surface area contributed by atoms with E-state index >= 15 is 0 Å². The predicted molar refractivity (Wildman–Crippen MR) is 132 cm³/mol. The van der Waals surface area contributed by atoms with Gasteiger partial charge in [-0.3, -0.25) is 9.59 Å². The molecule has 5 saturated carbocycles. The molecule has 4 nitrogen and oxygen atoms in total. The fraction of sp³-hybridized carbons (Fsp3) is 0.833. The smallest absolute Gasteiger partial charge is 0.331 e. The molecule has 0 aromatic carbocycles. The van der Waals surface area contributed by atoms with Gasteiger partial charge in [-0.15, -0.1) is 0 Å². The topological polar surface area (TPSA) is 71.4 Å². The van der Waals surface area contributed by atoms with Crippen molar-refractivity contribution in [2.45, 2.75) is 106 Å². The van der Waals surface area contributed by atoms with Crippen molar-refractivity contribution in [2.24, 2.45) is 50.7 Å². The zero-order chi connectivity index (χ0) is 24.9. The Morgan fingerprint density at radius 3 is 2.29 bits per heavy atom. The molecule has 5 rings (SSSR count). The van der Waals surface area contributed by atoms with Crippen LogP contribution in [0.3, 0.4) is 0 Å². The molecule has 0 saturated heterocycles. The maximum absolute atomic E-state index is 12.8. The Labute approximate surface area is 205 Å². The number of carboxylic acid groups (broad SMARTS) is 1. The molecule has 188 valence electrons. The maximum Gasteiger partial charge on any atom is 0.331 e. The lowest BCUT2D eigenvalue weighted by molar-refractivity contribution is -0.157. The van der Waals surface area contributed by atoms with Crippen molar-refractivity contribution in [1.29, 1.82) is 0 Å². The maximum atomic E-state index is 12.8. The summed E-state index contributed by atoms with van der Waals surface area (Å²) < 4.78 is 0. The van der Waals surface area contributed by atoms with E-state index in [4.69, 9.17) is 5.11 Å². The van der Waals surface area contributed by atoms with Gasteiger partial charge in [0.25, 0.3) is 0 Å². The standard InChI is InChI=1S/C30H44O4/c1-18(15-20(31)16-19(2)25(33)34)21-9-11-28(6)23-8-7-22-26(3,4)24(32)10-12-29(22)17-30(23,29)14-13-27(21,28)5/h16,18,21-23H,7-15,17H2,1-6H3,(H,33,34)/t18?,21?,22?,23?,27-,28+,29-,30+/m1/s1. The molecule has 4 unspecified atom stereocenters. The van der Waals surface area contributed by atoms with Gasteiger partial charge in [-0.1, -0.05) is 34.6 Å². The van der Waals surface area contributed by atoms with Crippen molar-refractivity contribution in [3.8, 4) is 0 Å². The quantitative estimate of drug-likeness (QED) is 0.460. The largest absolute Gasteiger partial charge is 0.478 e. The highest BCUT2D eigenvalue weighted by Gasteiger charge is 2.82. The van der Waals surface area contributed by atoms with Gasteiger partial charge in [0.05, 0.1) is 0 Å². The van der Waals surface area contributed by atoms with Crippen LogP contribution in [0.1, 0.15) is 106 Å². The van der Waals surface area contributed by atoms with Gasteiger partial charge in [0.2, 0.25) is 0 Å². The molecule has 5 fully saturated rings. The zero-order valence-corrected chi connectivity index (χ0v) is 22.1. The summed E-state index contributed by atoms with van der Waals surface area (Å²) in [7, 11) is 0. The molecule has 0 radical (unpaired) electrons. The van der Waals surface area contributed by atoms with Crippen LogP contribution in [0.25, 0.3) is 0 Å². The van der Waals surface area contributed by atoms with Crippen molar-refractivity contribution in [1.82, 2.24) is 0 Å². The second-order valence-electron chi connectivity index (χ2n) is 14.1. The Hall–Kier alpha value is -1.45. The van der Waals surface area contributed by atoms with Crippen LogP contribution < -0.4 is 0 Å². The molecule has 2 spiro atoms. The minimum absolute atomic E-state index is 0.0485. The number of allylic oxidation sites excluding steroid dienone is 1. The van der Waals surface area contributed by atoms with Crippen LogP contribution in [-0.2, 0) is 14.4 Å². The van der Waals surface area contributed by atoms with E-state index < -0.39 is 5.97 Å². The molecule has 8 atom stereocenters. The van der Waals surface area contributed by atoms with E-state index in [9.17, 15) is 14.4 Å². The average Bonchev–Trinajstić information content (AvgIpc) is 3.33. The van der Waals surface area contributed by atoms with Crippen LogP contribution in [0, 0.1) is 50.7 Å². The highest BCUT2D eigenvalue weighted by atomic mass is 16.4. The first-order valence-electron chi connectivity index (χ1n) is 13.7. The number of carboxylic acids is 1. The normalized spacial score (nSPS) is 47.6. The monoisotopic (exact) mass is 468 g/mol. The van der Waals surface area contributed by atoms with Crippen LogP contribution in [0.4, 0.5) is 0 Å². The first-order valence-corrected chi connectivity index (χ1v) is 13.7. The first kappa shape index (κ1) is 24.3. The number of aliphatic carboxylic acids is 1. The van der Waals surface area contributed by atoms with Gasteiger partial charge in [-0.25, -0.2) is 4.79 Å². The molecule has 1 N–H and O–H groups in total. The molecular weight excluding hydrogens is 424 g/mol. The fourth-order valence-electron chi connectivity index (χ4n) is 10.9. The van der Waals surface area contributed by atoms with E-state index in [-0.39, 0.29) is 28.1 Å². The molecule has 0 aromatic heterocycles. The zero-order valence-electron chi connectivity index (χ0n) is 22.1. The number of fused-ring (bicyclic) bond motifs is 2. The van der Waals surface area contributed by atoms with Crippen molar-refractivity contribution < 1.29 is 19.5 Å². The average molecular weight is 469 g/mol. The summed E-state index contributed by atoms with van der Waals surface area (Å²) in [5.74, 6) is 1.50. The molecular formula is C30H44O4. The van der Waals surface area contributed by atoms with Gasteiger partial charge >= 0.3 is 5.97 Å². The highest BCUT2D eigenvalue weighted by Crippen LogP contribution is 2.88.